The molecule has 0 atom stereocenters. The number of piperazine rings is 1. The van der Waals surface area contributed by atoms with Gasteiger partial charge in [-0.05, 0) is 48.6 Å². The van der Waals surface area contributed by atoms with Gasteiger partial charge < -0.3 is 15.1 Å². The summed E-state index contributed by atoms with van der Waals surface area (Å²) >= 11 is 1.56. The molecule has 0 aromatic carbocycles. The van der Waals surface area contributed by atoms with Crippen LogP contribution in [0.5, 0.6) is 0 Å². The number of H-pyrrole nitrogens is 1. The van der Waals surface area contributed by atoms with E-state index >= 15 is 0 Å². The summed E-state index contributed by atoms with van der Waals surface area (Å²) in [5.41, 5.74) is 4.65. The van der Waals surface area contributed by atoms with Crippen molar-refractivity contribution in [2.24, 2.45) is 0 Å². The Balaban J connectivity index is 1.33. The third-order valence-electron chi connectivity index (χ3n) is 6.05. The molecule has 3 aliphatic rings. The van der Waals surface area contributed by atoms with Crippen molar-refractivity contribution in [3.8, 4) is 0 Å². The standard InChI is InChI=1S/C20H23N5O3S/c26-16-10-25(8-6-21-16)19(27)17-14-5-7-24(9-15(14)22-23-17)20(28)18-13-4-2-1-3-12(13)11-29-18/h11H,1-10H2,(H,21,26)(H,22,23). The van der Waals surface area contributed by atoms with Gasteiger partial charge >= 0.3 is 0 Å². The molecular weight excluding hydrogens is 390 g/mol. The number of carbonyl (C=O) groups excluding carboxylic acids is 3. The number of nitrogens with one attached hydrogen (secondary N) is 2. The van der Waals surface area contributed by atoms with Crippen molar-refractivity contribution in [1.29, 1.82) is 0 Å². The van der Waals surface area contributed by atoms with Gasteiger partial charge in [0.25, 0.3) is 11.8 Å². The Labute approximate surface area is 172 Å². The van der Waals surface area contributed by atoms with E-state index in [0.29, 0.717) is 38.3 Å². The minimum atomic E-state index is -0.218. The second-order valence-electron chi connectivity index (χ2n) is 7.86. The molecule has 9 heteroatoms. The van der Waals surface area contributed by atoms with Crippen LogP contribution < -0.4 is 5.32 Å². The number of hydrogen-bond acceptors (Lipinski definition) is 5. The normalized spacial score (nSPS) is 18.8. The van der Waals surface area contributed by atoms with Crippen LogP contribution in [0, 0.1) is 0 Å². The Kier molecular flexibility index (Phi) is 4.61. The van der Waals surface area contributed by atoms with Gasteiger partial charge in [-0.15, -0.1) is 11.3 Å². The minimum absolute atomic E-state index is 0.0641. The number of thiophene rings is 1. The lowest BCUT2D eigenvalue weighted by Gasteiger charge is -2.28. The monoisotopic (exact) mass is 413 g/mol. The average Bonchev–Trinajstić information content (AvgIpc) is 3.36. The van der Waals surface area contributed by atoms with E-state index < -0.39 is 0 Å². The molecule has 1 saturated heterocycles. The molecular formula is C20H23N5O3S. The van der Waals surface area contributed by atoms with Crippen molar-refractivity contribution in [2.75, 3.05) is 26.2 Å². The van der Waals surface area contributed by atoms with Crippen LogP contribution in [0.1, 0.15) is 55.4 Å². The highest BCUT2D eigenvalue weighted by atomic mass is 32.1. The molecule has 152 valence electrons. The fourth-order valence-corrected chi connectivity index (χ4v) is 5.60. The predicted octanol–water partition coefficient (Wildman–Crippen LogP) is 1.12. The molecule has 4 heterocycles. The molecule has 0 spiro atoms. The minimum Gasteiger partial charge on any atom is -0.353 e. The number of rotatable bonds is 2. The van der Waals surface area contributed by atoms with E-state index in [1.54, 1.807) is 11.3 Å². The quantitative estimate of drug-likeness (QED) is 0.771. The Morgan fingerprint density at radius 3 is 2.69 bits per heavy atom. The first-order valence-electron chi connectivity index (χ1n) is 10.1. The van der Waals surface area contributed by atoms with Crippen LogP contribution in [0.4, 0.5) is 0 Å². The van der Waals surface area contributed by atoms with Crippen LogP contribution in [0.25, 0.3) is 0 Å². The summed E-state index contributed by atoms with van der Waals surface area (Å²) in [4.78, 5) is 41.8. The molecule has 0 radical (unpaired) electrons. The number of nitrogens with zero attached hydrogens (tertiary/aromatic N) is 3. The topological polar surface area (TPSA) is 98.4 Å². The van der Waals surface area contributed by atoms with Crippen LogP contribution in [0.2, 0.25) is 0 Å². The largest absolute Gasteiger partial charge is 0.353 e. The number of amides is 3. The molecule has 1 fully saturated rings. The van der Waals surface area contributed by atoms with Crippen LogP contribution in [-0.4, -0.2) is 63.9 Å². The van der Waals surface area contributed by atoms with E-state index in [9.17, 15) is 14.4 Å². The van der Waals surface area contributed by atoms with E-state index in [2.05, 4.69) is 20.9 Å². The van der Waals surface area contributed by atoms with Crippen molar-refractivity contribution in [1.82, 2.24) is 25.3 Å². The summed E-state index contributed by atoms with van der Waals surface area (Å²) in [6.07, 6.45) is 5.00. The van der Waals surface area contributed by atoms with Crippen LogP contribution in [-0.2, 0) is 30.6 Å². The van der Waals surface area contributed by atoms with Gasteiger partial charge in [-0.25, -0.2) is 0 Å². The second kappa shape index (κ2) is 7.29. The van der Waals surface area contributed by atoms with E-state index in [1.165, 1.54) is 22.4 Å². The third-order valence-corrected chi connectivity index (χ3v) is 7.11. The fourth-order valence-electron chi connectivity index (χ4n) is 4.47. The zero-order valence-corrected chi connectivity index (χ0v) is 16.9. The zero-order valence-electron chi connectivity index (χ0n) is 16.1. The number of aromatic nitrogens is 2. The number of aryl methyl sites for hydroxylation is 1. The molecule has 1 aliphatic carbocycles. The summed E-state index contributed by atoms with van der Waals surface area (Å²) < 4.78 is 0. The molecule has 2 aromatic heterocycles. The van der Waals surface area contributed by atoms with E-state index in [1.807, 2.05) is 4.90 Å². The summed E-state index contributed by atoms with van der Waals surface area (Å²) in [7, 11) is 0. The SMILES string of the molecule is O=C1CN(C(=O)c2n[nH]c3c2CCN(C(=O)c2scc4c2CCCC4)C3)CCN1. The first kappa shape index (κ1) is 18.4. The summed E-state index contributed by atoms with van der Waals surface area (Å²) in [6, 6.07) is 0. The molecule has 8 nitrogen and oxygen atoms in total. The Morgan fingerprint density at radius 1 is 1.00 bits per heavy atom. The van der Waals surface area contributed by atoms with Crippen molar-refractivity contribution in [2.45, 2.75) is 38.6 Å². The van der Waals surface area contributed by atoms with Crippen molar-refractivity contribution >= 4 is 29.1 Å². The lowest BCUT2D eigenvalue weighted by Crippen LogP contribution is -2.50. The molecule has 0 bridgehead atoms. The van der Waals surface area contributed by atoms with Gasteiger partial charge in [0.15, 0.2) is 5.69 Å². The second-order valence-corrected chi connectivity index (χ2v) is 8.74. The van der Waals surface area contributed by atoms with E-state index in [-0.39, 0.29) is 24.3 Å². The van der Waals surface area contributed by atoms with Gasteiger partial charge in [0.05, 0.1) is 23.7 Å². The summed E-state index contributed by atoms with van der Waals surface area (Å²) in [6.45, 7) is 2.01. The lowest BCUT2D eigenvalue weighted by atomic mass is 9.93. The van der Waals surface area contributed by atoms with Gasteiger partial charge in [-0.1, -0.05) is 0 Å². The van der Waals surface area contributed by atoms with Gasteiger partial charge in [-0.2, -0.15) is 5.10 Å². The highest BCUT2D eigenvalue weighted by Gasteiger charge is 2.32. The number of carbonyl (C=O) groups is 3. The summed E-state index contributed by atoms with van der Waals surface area (Å²) in [5, 5.41) is 12.1. The van der Waals surface area contributed by atoms with Gasteiger partial charge in [0, 0.05) is 25.2 Å². The fraction of sp³-hybridized carbons (Fsp3) is 0.500. The van der Waals surface area contributed by atoms with Gasteiger partial charge in [0.2, 0.25) is 5.91 Å². The molecule has 0 saturated carbocycles. The Morgan fingerprint density at radius 2 is 1.83 bits per heavy atom. The molecule has 2 aliphatic heterocycles. The molecule has 3 amide bonds. The smallest absolute Gasteiger partial charge is 0.275 e. The number of aromatic amines is 1. The van der Waals surface area contributed by atoms with Gasteiger partial charge in [0.1, 0.15) is 0 Å². The highest BCUT2D eigenvalue weighted by molar-refractivity contribution is 7.12. The lowest BCUT2D eigenvalue weighted by molar-refractivity contribution is -0.123. The average molecular weight is 414 g/mol. The maximum atomic E-state index is 13.1. The highest BCUT2D eigenvalue weighted by Crippen LogP contribution is 2.32. The maximum Gasteiger partial charge on any atom is 0.275 e. The van der Waals surface area contributed by atoms with E-state index in [0.717, 1.165) is 35.4 Å². The molecule has 5 rings (SSSR count). The molecule has 2 aromatic rings. The Bertz CT molecular complexity index is 994. The maximum absolute atomic E-state index is 13.1. The van der Waals surface area contributed by atoms with Crippen molar-refractivity contribution < 1.29 is 14.4 Å². The number of hydrogen-bond donors (Lipinski definition) is 2. The zero-order chi connectivity index (χ0) is 20.0. The predicted molar refractivity (Wildman–Crippen MR) is 107 cm³/mol. The molecule has 0 unspecified atom stereocenters. The van der Waals surface area contributed by atoms with Crippen molar-refractivity contribution in [3.63, 3.8) is 0 Å². The van der Waals surface area contributed by atoms with Crippen LogP contribution >= 0.6 is 11.3 Å². The number of fused-ring (bicyclic) bond motifs is 2. The first-order chi connectivity index (χ1) is 14.1. The van der Waals surface area contributed by atoms with E-state index in [4.69, 9.17) is 0 Å². The van der Waals surface area contributed by atoms with Crippen LogP contribution in [0.15, 0.2) is 5.38 Å². The van der Waals surface area contributed by atoms with Crippen LogP contribution in [0.3, 0.4) is 0 Å². The molecule has 2 N–H and O–H groups in total. The Hall–Kier alpha value is -2.68. The third kappa shape index (κ3) is 3.23. The summed E-state index contributed by atoms with van der Waals surface area (Å²) in [5.74, 6) is -0.284. The molecule has 29 heavy (non-hydrogen) atoms. The van der Waals surface area contributed by atoms with Crippen molar-refractivity contribution in [3.05, 3.63) is 38.3 Å². The van der Waals surface area contributed by atoms with Gasteiger partial charge in [-0.3, -0.25) is 19.5 Å². The first-order valence-corrected chi connectivity index (χ1v) is 11.0.